The summed E-state index contributed by atoms with van der Waals surface area (Å²) in [5.41, 5.74) is 4.75. The summed E-state index contributed by atoms with van der Waals surface area (Å²) in [4.78, 5) is 23.3. The van der Waals surface area contributed by atoms with Crippen LogP contribution in [0.25, 0.3) is 0 Å². The number of hydrogen-bond donors (Lipinski definition) is 2. The molecule has 20 heavy (non-hydrogen) atoms. The first-order valence-corrected chi connectivity index (χ1v) is 7.04. The van der Waals surface area contributed by atoms with Gasteiger partial charge in [0, 0.05) is 7.11 Å². The van der Waals surface area contributed by atoms with Crippen LogP contribution in [0.1, 0.15) is 46.5 Å². The summed E-state index contributed by atoms with van der Waals surface area (Å²) in [6.45, 7) is 5.36. The van der Waals surface area contributed by atoms with E-state index in [0.717, 1.165) is 12.8 Å². The molecule has 1 saturated carbocycles. The molecule has 0 heterocycles. The third-order valence-electron chi connectivity index (χ3n) is 3.41. The van der Waals surface area contributed by atoms with Crippen molar-refractivity contribution in [2.24, 2.45) is 11.7 Å². The molecule has 6 heteroatoms. The lowest BCUT2D eigenvalue weighted by atomic mass is 9.80. The van der Waals surface area contributed by atoms with Crippen molar-refractivity contribution in [3.8, 4) is 0 Å². The van der Waals surface area contributed by atoms with E-state index in [1.165, 1.54) is 13.5 Å². The third-order valence-corrected chi connectivity index (χ3v) is 3.41. The van der Waals surface area contributed by atoms with Gasteiger partial charge in [-0.3, -0.25) is 4.79 Å². The molecule has 0 bridgehead atoms. The fraction of sp³-hybridized carbons (Fsp3) is 0.857. The highest BCUT2D eigenvalue weighted by Gasteiger charge is 2.33. The molecule has 2 amide bonds. The molecule has 1 aliphatic carbocycles. The second kappa shape index (κ2) is 6.92. The Labute approximate surface area is 120 Å². The monoisotopic (exact) mass is 286 g/mol. The number of ether oxygens (including phenoxy) is 2. The Morgan fingerprint density at radius 2 is 1.95 bits per heavy atom. The van der Waals surface area contributed by atoms with Crippen molar-refractivity contribution in [2.75, 3.05) is 7.11 Å². The fourth-order valence-electron chi connectivity index (χ4n) is 2.28. The molecule has 1 rings (SSSR count). The quantitative estimate of drug-likeness (QED) is 0.775. The van der Waals surface area contributed by atoms with E-state index in [-0.39, 0.29) is 0 Å². The third kappa shape index (κ3) is 5.36. The largest absolute Gasteiger partial charge is 0.444 e. The van der Waals surface area contributed by atoms with Gasteiger partial charge in [-0.05, 0) is 33.1 Å². The van der Waals surface area contributed by atoms with E-state index in [2.05, 4.69) is 5.32 Å². The van der Waals surface area contributed by atoms with Crippen molar-refractivity contribution < 1.29 is 19.1 Å². The molecule has 116 valence electrons. The van der Waals surface area contributed by atoms with E-state index in [1.54, 1.807) is 20.8 Å². The molecule has 2 unspecified atom stereocenters. The fourth-order valence-corrected chi connectivity index (χ4v) is 2.28. The van der Waals surface area contributed by atoms with Gasteiger partial charge in [0.2, 0.25) is 5.91 Å². The van der Waals surface area contributed by atoms with Crippen LogP contribution in [0.3, 0.4) is 0 Å². The van der Waals surface area contributed by atoms with Crippen LogP contribution < -0.4 is 11.1 Å². The van der Waals surface area contributed by atoms with Crippen molar-refractivity contribution in [2.45, 2.75) is 64.2 Å². The Morgan fingerprint density at radius 3 is 2.30 bits per heavy atom. The van der Waals surface area contributed by atoms with E-state index < -0.39 is 29.7 Å². The van der Waals surface area contributed by atoms with Gasteiger partial charge in [0.25, 0.3) is 0 Å². The summed E-state index contributed by atoms with van der Waals surface area (Å²) in [7, 11) is 1.42. The predicted molar refractivity (Wildman–Crippen MR) is 75.1 cm³/mol. The highest BCUT2D eigenvalue weighted by Crippen LogP contribution is 2.31. The topological polar surface area (TPSA) is 90.6 Å². The van der Waals surface area contributed by atoms with Crippen LogP contribution in [0, 0.1) is 5.92 Å². The lowest BCUT2D eigenvalue weighted by molar-refractivity contribution is -0.129. The molecular weight excluding hydrogens is 260 g/mol. The Kier molecular flexibility index (Phi) is 5.80. The van der Waals surface area contributed by atoms with Gasteiger partial charge in [-0.15, -0.1) is 0 Å². The smallest absolute Gasteiger partial charge is 0.407 e. The molecule has 1 fully saturated rings. The normalized spacial score (nSPS) is 18.8. The van der Waals surface area contributed by atoms with E-state index in [9.17, 15) is 9.59 Å². The van der Waals surface area contributed by atoms with Gasteiger partial charge in [0.1, 0.15) is 5.60 Å². The van der Waals surface area contributed by atoms with Crippen molar-refractivity contribution in [3.63, 3.8) is 0 Å². The average Bonchev–Trinajstić information content (AvgIpc) is 2.20. The number of alkyl carbamates (subject to hydrolysis) is 1. The molecule has 3 N–H and O–H groups in total. The van der Waals surface area contributed by atoms with Gasteiger partial charge in [-0.2, -0.15) is 0 Å². The Hall–Kier alpha value is -1.30. The van der Waals surface area contributed by atoms with E-state index in [1.807, 2.05) is 0 Å². The van der Waals surface area contributed by atoms with Gasteiger partial charge in [0.05, 0.1) is 6.04 Å². The first kappa shape index (κ1) is 16.8. The first-order chi connectivity index (χ1) is 9.23. The number of methoxy groups -OCH3 is 1. The highest BCUT2D eigenvalue weighted by molar-refractivity contribution is 5.80. The zero-order valence-corrected chi connectivity index (χ0v) is 12.8. The number of primary amides is 1. The number of rotatable bonds is 6. The van der Waals surface area contributed by atoms with Crippen LogP contribution in [0.15, 0.2) is 0 Å². The second-order valence-corrected chi connectivity index (χ2v) is 6.34. The van der Waals surface area contributed by atoms with Crippen LogP contribution in [-0.4, -0.2) is 36.9 Å². The zero-order valence-electron chi connectivity index (χ0n) is 12.8. The van der Waals surface area contributed by atoms with E-state index in [0.29, 0.717) is 12.3 Å². The van der Waals surface area contributed by atoms with Crippen LogP contribution in [0.5, 0.6) is 0 Å². The van der Waals surface area contributed by atoms with Crippen LogP contribution in [-0.2, 0) is 14.3 Å². The molecule has 0 saturated heterocycles. The predicted octanol–water partition coefficient (Wildman–Crippen LogP) is 1.57. The molecule has 0 aromatic rings. The number of amides is 2. The lowest BCUT2D eigenvalue weighted by Crippen LogP contribution is -2.52. The van der Waals surface area contributed by atoms with Gasteiger partial charge >= 0.3 is 6.09 Å². The Morgan fingerprint density at radius 1 is 1.35 bits per heavy atom. The number of carbonyl (C=O) groups excluding carboxylic acids is 2. The molecule has 6 nitrogen and oxygen atoms in total. The number of nitrogens with two attached hydrogens (primary N) is 1. The molecule has 2 atom stereocenters. The SMILES string of the molecule is COC(C(N)=O)C(CC1CCC1)NC(=O)OC(C)(C)C. The maximum atomic E-state index is 11.9. The molecule has 0 aromatic heterocycles. The zero-order chi connectivity index (χ0) is 15.3. The van der Waals surface area contributed by atoms with Gasteiger partial charge in [-0.1, -0.05) is 19.3 Å². The number of carbonyl (C=O) groups is 2. The lowest BCUT2D eigenvalue weighted by Gasteiger charge is -2.33. The molecule has 0 spiro atoms. The van der Waals surface area contributed by atoms with Gasteiger partial charge in [0.15, 0.2) is 6.10 Å². The minimum atomic E-state index is -0.830. The van der Waals surface area contributed by atoms with Crippen LogP contribution in [0.2, 0.25) is 0 Å². The van der Waals surface area contributed by atoms with Crippen molar-refractivity contribution in [3.05, 3.63) is 0 Å². The summed E-state index contributed by atoms with van der Waals surface area (Å²) in [5.74, 6) is -0.0696. The minimum absolute atomic E-state index is 0.447. The maximum absolute atomic E-state index is 11.9. The molecule has 0 aliphatic heterocycles. The number of nitrogens with one attached hydrogen (secondary N) is 1. The van der Waals surface area contributed by atoms with Crippen molar-refractivity contribution in [1.29, 1.82) is 0 Å². The Bertz CT molecular complexity index is 348. The standard InChI is InChI=1S/C14H26N2O4/c1-14(2,3)20-13(18)16-10(8-9-6-5-7-9)11(19-4)12(15)17/h9-11H,5-8H2,1-4H3,(H2,15,17)(H,16,18). The number of hydrogen-bond acceptors (Lipinski definition) is 4. The molecular formula is C14H26N2O4. The van der Waals surface area contributed by atoms with Crippen molar-refractivity contribution >= 4 is 12.0 Å². The summed E-state index contributed by atoms with van der Waals surface area (Å²) >= 11 is 0. The summed E-state index contributed by atoms with van der Waals surface area (Å²) in [6.07, 6.45) is 2.72. The summed E-state index contributed by atoms with van der Waals surface area (Å²) in [5, 5.41) is 2.72. The molecule has 0 aromatic carbocycles. The van der Waals surface area contributed by atoms with Crippen LogP contribution >= 0.6 is 0 Å². The van der Waals surface area contributed by atoms with E-state index >= 15 is 0 Å². The molecule has 1 aliphatic rings. The van der Waals surface area contributed by atoms with Crippen LogP contribution in [0.4, 0.5) is 4.79 Å². The highest BCUT2D eigenvalue weighted by atomic mass is 16.6. The second-order valence-electron chi connectivity index (χ2n) is 6.34. The average molecular weight is 286 g/mol. The first-order valence-electron chi connectivity index (χ1n) is 7.04. The van der Waals surface area contributed by atoms with E-state index in [4.69, 9.17) is 15.2 Å². The van der Waals surface area contributed by atoms with Crippen molar-refractivity contribution in [1.82, 2.24) is 5.32 Å². The van der Waals surface area contributed by atoms with Gasteiger partial charge in [-0.25, -0.2) is 4.79 Å². The summed E-state index contributed by atoms with van der Waals surface area (Å²) in [6, 6.07) is -0.447. The summed E-state index contributed by atoms with van der Waals surface area (Å²) < 4.78 is 10.3. The van der Waals surface area contributed by atoms with Gasteiger partial charge < -0.3 is 20.5 Å². The Balaban J connectivity index is 2.65. The maximum Gasteiger partial charge on any atom is 0.407 e. The minimum Gasteiger partial charge on any atom is -0.444 e. The molecule has 0 radical (unpaired) electrons.